The molecule has 2 aromatic rings. The molecule has 1 saturated heterocycles. The van der Waals surface area contributed by atoms with Crippen molar-refractivity contribution >= 4 is 5.91 Å². The number of phenolic OH excluding ortho intramolecular Hbond substituents is 1. The van der Waals surface area contributed by atoms with Crippen molar-refractivity contribution in [2.24, 2.45) is 0 Å². The van der Waals surface area contributed by atoms with E-state index in [9.17, 15) is 14.3 Å². The van der Waals surface area contributed by atoms with E-state index in [1.165, 1.54) is 12.1 Å². The van der Waals surface area contributed by atoms with Gasteiger partial charge in [-0.25, -0.2) is 4.39 Å². The summed E-state index contributed by atoms with van der Waals surface area (Å²) >= 11 is 0. The van der Waals surface area contributed by atoms with Crippen LogP contribution < -0.4 is 0 Å². The number of aromatic hydroxyl groups is 1. The quantitative estimate of drug-likeness (QED) is 0.942. The highest BCUT2D eigenvalue weighted by atomic mass is 19.1. The van der Waals surface area contributed by atoms with Gasteiger partial charge in [-0.15, -0.1) is 0 Å². The first kappa shape index (κ1) is 16.5. The lowest BCUT2D eigenvalue weighted by Gasteiger charge is -2.38. The average molecular weight is 328 g/mol. The van der Waals surface area contributed by atoms with Crippen LogP contribution in [-0.2, 0) is 0 Å². The molecular formula is C19H21FN2O2. The molecule has 0 saturated carbocycles. The van der Waals surface area contributed by atoms with Gasteiger partial charge in [-0.2, -0.15) is 0 Å². The summed E-state index contributed by atoms with van der Waals surface area (Å²) in [6, 6.07) is 13.2. The smallest absolute Gasteiger partial charge is 0.254 e. The fraction of sp³-hybridized carbons (Fsp3) is 0.316. The summed E-state index contributed by atoms with van der Waals surface area (Å²) in [7, 11) is 0. The molecule has 0 unspecified atom stereocenters. The number of rotatable bonds is 3. The highest BCUT2D eigenvalue weighted by Crippen LogP contribution is 2.23. The van der Waals surface area contributed by atoms with Gasteiger partial charge in [-0.3, -0.25) is 9.69 Å². The zero-order valence-corrected chi connectivity index (χ0v) is 13.7. The van der Waals surface area contributed by atoms with E-state index >= 15 is 0 Å². The van der Waals surface area contributed by atoms with Gasteiger partial charge in [-0.05, 0) is 42.8 Å². The number of nitrogens with zero attached hydrogens (tertiary/aromatic N) is 2. The predicted molar refractivity (Wildman–Crippen MR) is 90.4 cm³/mol. The number of carbonyl (C=O) groups excluding carboxylic acids is 1. The van der Waals surface area contributed by atoms with Gasteiger partial charge in [-0.1, -0.05) is 18.2 Å². The van der Waals surface area contributed by atoms with E-state index in [1.807, 2.05) is 6.07 Å². The molecule has 5 heteroatoms. The largest absolute Gasteiger partial charge is 0.508 e. The summed E-state index contributed by atoms with van der Waals surface area (Å²) in [5.41, 5.74) is 1.45. The van der Waals surface area contributed by atoms with Crippen molar-refractivity contribution in [2.45, 2.75) is 13.0 Å². The summed E-state index contributed by atoms with van der Waals surface area (Å²) in [6.07, 6.45) is 0. The standard InChI is InChI=1S/C19H21FN2O2/c1-14(15-4-2-6-17(20)12-15)21-8-10-22(11-9-21)19(24)16-5-3-7-18(23)13-16/h2-7,12-14,23H,8-11H2,1H3/t14-/m0/s1. The summed E-state index contributed by atoms with van der Waals surface area (Å²) in [5, 5.41) is 9.51. The Labute approximate surface area is 141 Å². The van der Waals surface area contributed by atoms with E-state index in [0.717, 1.165) is 18.7 Å². The Bertz CT molecular complexity index is 727. The van der Waals surface area contributed by atoms with Crippen LogP contribution in [0.5, 0.6) is 5.75 Å². The third-order valence-electron chi connectivity index (χ3n) is 4.57. The third-order valence-corrected chi connectivity index (χ3v) is 4.57. The highest BCUT2D eigenvalue weighted by molar-refractivity contribution is 5.94. The van der Waals surface area contributed by atoms with Crippen LogP contribution in [0.3, 0.4) is 0 Å². The molecule has 0 aliphatic carbocycles. The van der Waals surface area contributed by atoms with E-state index in [1.54, 1.807) is 35.2 Å². The number of carbonyl (C=O) groups is 1. The highest BCUT2D eigenvalue weighted by Gasteiger charge is 2.25. The molecule has 1 heterocycles. The van der Waals surface area contributed by atoms with Gasteiger partial charge in [0, 0.05) is 37.8 Å². The van der Waals surface area contributed by atoms with Crippen LogP contribution in [-0.4, -0.2) is 47.0 Å². The van der Waals surface area contributed by atoms with Crippen LogP contribution in [0.15, 0.2) is 48.5 Å². The van der Waals surface area contributed by atoms with Crippen molar-refractivity contribution in [3.8, 4) is 5.75 Å². The molecule has 0 radical (unpaired) electrons. The Morgan fingerprint density at radius 3 is 2.46 bits per heavy atom. The van der Waals surface area contributed by atoms with E-state index in [-0.39, 0.29) is 23.5 Å². The fourth-order valence-corrected chi connectivity index (χ4v) is 3.11. The minimum Gasteiger partial charge on any atom is -0.508 e. The molecule has 24 heavy (non-hydrogen) atoms. The van der Waals surface area contributed by atoms with Crippen molar-refractivity contribution < 1.29 is 14.3 Å². The molecular weight excluding hydrogens is 307 g/mol. The van der Waals surface area contributed by atoms with Gasteiger partial charge in [0.2, 0.25) is 0 Å². The molecule has 1 fully saturated rings. The normalized spacial score (nSPS) is 16.8. The molecule has 3 rings (SSSR count). The average Bonchev–Trinajstić information content (AvgIpc) is 2.60. The molecule has 1 amide bonds. The second kappa shape index (κ2) is 7.01. The molecule has 126 valence electrons. The Balaban J connectivity index is 1.62. The van der Waals surface area contributed by atoms with Gasteiger partial charge >= 0.3 is 0 Å². The van der Waals surface area contributed by atoms with Crippen molar-refractivity contribution in [1.82, 2.24) is 9.80 Å². The summed E-state index contributed by atoms with van der Waals surface area (Å²) < 4.78 is 13.4. The maximum absolute atomic E-state index is 13.4. The zero-order valence-electron chi connectivity index (χ0n) is 13.7. The lowest BCUT2D eigenvalue weighted by molar-refractivity contribution is 0.0581. The van der Waals surface area contributed by atoms with Crippen molar-refractivity contribution in [3.05, 3.63) is 65.5 Å². The molecule has 1 aliphatic heterocycles. The third kappa shape index (κ3) is 3.57. The van der Waals surface area contributed by atoms with E-state index in [2.05, 4.69) is 11.8 Å². The van der Waals surface area contributed by atoms with Crippen LogP contribution in [0, 0.1) is 5.82 Å². The minimum absolute atomic E-state index is 0.0658. The maximum atomic E-state index is 13.4. The number of hydrogen-bond acceptors (Lipinski definition) is 3. The van der Waals surface area contributed by atoms with Crippen molar-refractivity contribution in [3.63, 3.8) is 0 Å². The zero-order chi connectivity index (χ0) is 17.1. The lowest BCUT2D eigenvalue weighted by atomic mass is 10.1. The van der Waals surface area contributed by atoms with Crippen molar-refractivity contribution in [2.75, 3.05) is 26.2 Å². The van der Waals surface area contributed by atoms with Crippen LogP contribution in [0.25, 0.3) is 0 Å². The number of halogens is 1. The van der Waals surface area contributed by atoms with Gasteiger partial charge in [0.1, 0.15) is 11.6 Å². The Hall–Kier alpha value is -2.40. The second-order valence-corrected chi connectivity index (χ2v) is 6.11. The summed E-state index contributed by atoms with van der Waals surface area (Å²) in [4.78, 5) is 16.5. The Kier molecular flexibility index (Phi) is 4.81. The van der Waals surface area contributed by atoms with Gasteiger partial charge in [0.05, 0.1) is 0 Å². The first-order valence-corrected chi connectivity index (χ1v) is 8.12. The van der Waals surface area contributed by atoms with Gasteiger partial charge < -0.3 is 10.0 Å². The SMILES string of the molecule is C[C@@H](c1cccc(F)c1)N1CCN(C(=O)c2cccc(O)c2)CC1. The van der Waals surface area contributed by atoms with Crippen LogP contribution in [0.2, 0.25) is 0 Å². The second-order valence-electron chi connectivity index (χ2n) is 6.11. The maximum Gasteiger partial charge on any atom is 0.254 e. The van der Waals surface area contributed by atoms with Crippen molar-refractivity contribution in [1.29, 1.82) is 0 Å². The topological polar surface area (TPSA) is 43.8 Å². The van der Waals surface area contributed by atoms with E-state index in [4.69, 9.17) is 0 Å². The number of amides is 1. The summed E-state index contributed by atoms with van der Waals surface area (Å²) in [5.74, 6) is -0.194. The molecule has 2 aromatic carbocycles. The van der Waals surface area contributed by atoms with E-state index in [0.29, 0.717) is 18.7 Å². The predicted octanol–water partition coefficient (Wildman–Crippen LogP) is 3.05. The molecule has 0 aromatic heterocycles. The first-order valence-electron chi connectivity index (χ1n) is 8.12. The summed E-state index contributed by atoms with van der Waals surface area (Å²) in [6.45, 7) is 4.77. The van der Waals surface area contributed by atoms with Crippen LogP contribution in [0.1, 0.15) is 28.9 Å². The fourth-order valence-electron chi connectivity index (χ4n) is 3.11. The number of hydrogen-bond donors (Lipinski definition) is 1. The van der Waals surface area contributed by atoms with Gasteiger partial charge in [0.15, 0.2) is 0 Å². The van der Waals surface area contributed by atoms with E-state index < -0.39 is 0 Å². The number of benzene rings is 2. The first-order chi connectivity index (χ1) is 11.5. The molecule has 0 bridgehead atoms. The molecule has 1 atom stereocenters. The molecule has 1 aliphatic rings. The molecule has 0 spiro atoms. The van der Waals surface area contributed by atoms with Crippen LogP contribution >= 0.6 is 0 Å². The Morgan fingerprint density at radius 1 is 1.08 bits per heavy atom. The number of phenols is 1. The molecule has 1 N–H and O–H groups in total. The monoisotopic (exact) mass is 328 g/mol. The lowest BCUT2D eigenvalue weighted by Crippen LogP contribution is -2.49. The Morgan fingerprint density at radius 2 is 1.79 bits per heavy atom. The van der Waals surface area contributed by atoms with Crippen LogP contribution in [0.4, 0.5) is 4.39 Å². The minimum atomic E-state index is -0.225. The van der Waals surface area contributed by atoms with Gasteiger partial charge in [0.25, 0.3) is 5.91 Å². The molecule has 4 nitrogen and oxygen atoms in total. The number of piperazine rings is 1.